The second-order valence-corrected chi connectivity index (χ2v) is 2.54. The van der Waals surface area contributed by atoms with Crippen molar-refractivity contribution in [1.82, 2.24) is 5.32 Å². The maximum Gasteiger partial charge on any atom is 0.0748 e. The van der Waals surface area contributed by atoms with Gasteiger partial charge in [0.1, 0.15) is 0 Å². The SMILES string of the molecule is CC=CNCC1CCCO1. The lowest BCUT2D eigenvalue weighted by molar-refractivity contribution is 0.113. The number of hydrogen-bond acceptors (Lipinski definition) is 2. The first kappa shape index (κ1) is 7.61. The molecular weight excluding hydrogens is 126 g/mol. The van der Waals surface area contributed by atoms with E-state index in [1.54, 1.807) is 0 Å². The van der Waals surface area contributed by atoms with Crippen LogP contribution in [0.4, 0.5) is 0 Å². The van der Waals surface area contributed by atoms with Gasteiger partial charge in [0, 0.05) is 13.2 Å². The molecule has 1 heterocycles. The highest BCUT2D eigenvalue weighted by molar-refractivity contribution is 4.77. The van der Waals surface area contributed by atoms with Crippen molar-refractivity contribution >= 4 is 0 Å². The quantitative estimate of drug-likeness (QED) is 0.639. The highest BCUT2D eigenvalue weighted by Gasteiger charge is 2.13. The van der Waals surface area contributed by atoms with Crippen LogP contribution < -0.4 is 5.32 Å². The molecule has 1 fully saturated rings. The lowest BCUT2D eigenvalue weighted by Crippen LogP contribution is -2.21. The third-order valence-electron chi connectivity index (χ3n) is 1.65. The van der Waals surface area contributed by atoms with Crippen LogP contribution in [0.2, 0.25) is 0 Å². The summed E-state index contributed by atoms with van der Waals surface area (Å²) in [6, 6.07) is 0. The number of rotatable bonds is 3. The Morgan fingerprint density at radius 1 is 1.70 bits per heavy atom. The fourth-order valence-electron chi connectivity index (χ4n) is 1.12. The van der Waals surface area contributed by atoms with Crippen LogP contribution in [0, 0.1) is 0 Å². The van der Waals surface area contributed by atoms with Gasteiger partial charge >= 0.3 is 0 Å². The summed E-state index contributed by atoms with van der Waals surface area (Å²) in [5, 5.41) is 3.17. The summed E-state index contributed by atoms with van der Waals surface area (Å²) in [6.45, 7) is 3.91. The number of hydrogen-bond donors (Lipinski definition) is 1. The Bertz CT molecular complexity index is 106. The van der Waals surface area contributed by atoms with Gasteiger partial charge in [-0.15, -0.1) is 0 Å². The zero-order chi connectivity index (χ0) is 7.23. The van der Waals surface area contributed by atoms with Crippen LogP contribution in [-0.2, 0) is 4.74 Å². The molecule has 2 heteroatoms. The third-order valence-corrected chi connectivity index (χ3v) is 1.65. The van der Waals surface area contributed by atoms with Crippen molar-refractivity contribution < 1.29 is 4.74 Å². The second kappa shape index (κ2) is 4.34. The van der Waals surface area contributed by atoms with E-state index in [0.29, 0.717) is 6.10 Å². The van der Waals surface area contributed by atoms with Gasteiger partial charge in [-0.05, 0) is 26.0 Å². The molecule has 0 aliphatic carbocycles. The van der Waals surface area contributed by atoms with E-state index >= 15 is 0 Å². The molecule has 2 nitrogen and oxygen atoms in total. The smallest absolute Gasteiger partial charge is 0.0748 e. The summed E-state index contributed by atoms with van der Waals surface area (Å²) in [7, 11) is 0. The van der Waals surface area contributed by atoms with Gasteiger partial charge in [0.2, 0.25) is 0 Å². The van der Waals surface area contributed by atoms with Gasteiger partial charge in [0.25, 0.3) is 0 Å². The molecule has 10 heavy (non-hydrogen) atoms. The van der Waals surface area contributed by atoms with Gasteiger partial charge < -0.3 is 10.1 Å². The molecule has 0 bridgehead atoms. The zero-order valence-electron chi connectivity index (χ0n) is 6.47. The van der Waals surface area contributed by atoms with E-state index in [1.807, 2.05) is 19.2 Å². The van der Waals surface area contributed by atoms with Crippen molar-refractivity contribution in [2.45, 2.75) is 25.9 Å². The molecule has 0 aromatic heterocycles. The first-order chi connectivity index (χ1) is 4.93. The zero-order valence-corrected chi connectivity index (χ0v) is 6.47. The Morgan fingerprint density at radius 3 is 3.20 bits per heavy atom. The van der Waals surface area contributed by atoms with E-state index in [4.69, 9.17) is 4.74 Å². The lowest BCUT2D eigenvalue weighted by Gasteiger charge is -2.07. The third kappa shape index (κ3) is 2.40. The number of ether oxygens (including phenoxy) is 1. The monoisotopic (exact) mass is 141 g/mol. The molecule has 1 atom stereocenters. The molecule has 1 aliphatic rings. The molecule has 0 spiro atoms. The molecule has 0 amide bonds. The van der Waals surface area contributed by atoms with Crippen molar-refractivity contribution in [3.63, 3.8) is 0 Å². The van der Waals surface area contributed by atoms with Gasteiger partial charge in [-0.1, -0.05) is 6.08 Å². The van der Waals surface area contributed by atoms with Crippen molar-refractivity contribution in [3.8, 4) is 0 Å². The van der Waals surface area contributed by atoms with E-state index < -0.39 is 0 Å². The largest absolute Gasteiger partial charge is 0.389 e. The highest BCUT2D eigenvalue weighted by atomic mass is 16.5. The van der Waals surface area contributed by atoms with Gasteiger partial charge in [-0.25, -0.2) is 0 Å². The predicted molar refractivity (Wildman–Crippen MR) is 41.8 cm³/mol. The van der Waals surface area contributed by atoms with Gasteiger partial charge in [-0.3, -0.25) is 0 Å². The lowest BCUT2D eigenvalue weighted by atomic mass is 10.2. The molecule has 0 radical (unpaired) electrons. The van der Waals surface area contributed by atoms with Crippen LogP contribution in [0.5, 0.6) is 0 Å². The Labute approximate surface area is 62.3 Å². The molecule has 1 rings (SSSR count). The van der Waals surface area contributed by atoms with Crippen LogP contribution in [0.25, 0.3) is 0 Å². The van der Waals surface area contributed by atoms with Gasteiger partial charge in [0.05, 0.1) is 6.10 Å². The molecule has 0 saturated carbocycles. The van der Waals surface area contributed by atoms with Crippen LogP contribution in [0.3, 0.4) is 0 Å². The molecule has 1 aliphatic heterocycles. The summed E-state index contributed by atoms with van der Waals surface area (Å²) < 4.78 is 5.40. The fourth-order valence-corrected chi connectivity index (χ4v) is 1.12. The molecule has 58 valence electrons. The van der Waals surface area contributed by atoms with Crippen LogP contribution >= 0.6 is 0 Å². The summed E-state index contributed by atoms with van der Waals surface area (Å²) in [5.41, 5.74) is 0. The van der Waals surface area contributed by atoms with Crippen molar-refractivity contribution in [1.29, 1.82) is 0 Å². The minimum absolute atomic E-state index is 0.455. The number of allylic oxidation sites excluding steroid dienone is 1. The minimum Gasteiger partial charge on any atom is -0.389 e. The van der Waals surface area contributed by atoms with Gasteiger partial charge in [-0.2, -0.15) is 0 Å². The maximum atomic E-state index is 5.40. The van der Waals surface area contributed by atoms with E-state index in [1.165, 1.54) is 12.8 Å². The predicted octanol–water partition coefficient (Wildman–Crippen LogP) is 1.29. The minimum atomic E-state index is 0.455. The topological polar surface area (TPSA) is 21.3 Å². The normalized spacial score (nSPS) is 25.9. The molecule has 1 N–H and O–H groups in total. The Morgan fingerprint density at radius 2 is 2.60 bits per heavy atom. The first-order valence-electron chi connectivity index (χ1n) is 3.89. The Kier molecular flexibility index (Phi) is 3.30. The molecule has 1 unspecified atom stereocenters. The summed E-state index contributed by atoms with van der Waals surface area (Å²) >= 11 is 0. The fraction of sp³-hybridized carbons (Fsp3) is 0.750. The summed E-state index contributed by atoms with van der Waals surface area (Å²) in [5.74, 6) is 0. The molecular formula is C8H15NO. The standard InChI is InChI=1S/C8H15NO/c1-2-5-9-7-8-4-3-6-10-8/h2,5,8-9H,3-4,6-7H2,1H3. The van der Waals surface area contributed by atoms with Crippen molar-refractivity contribution in [2.24, 2.45) is 0 Å². The second-order valence-electron chi connectivity index (χ2n) is 2.54. The number of nitrogens with one attached hydrogen (secondary N) is 1. The van der Waals surface area contributed by atoms with Gasteiger partial charge in [0.15, 0.2) is 0 Å². The van der Waals surface area contributed by atoms with Crippen molar-refractivity contribution in [3.05, 3.63) is 12.3 Å². The van der Waals surface area contributed by atoms with Crippen LogP contribution in [0.1, 0.15) is 19.8 Å². The highest BCUT2D eigenvalue weighted by Crippen LogP contribution is 2.10. The molecule has 1 saturated heterocycles. The summed E-state index contributed by atoms with van der Waals surface area (Å²) in [6.07, 6.45) is 6.85. The van der Waals surface area contributed by atoms with Crippen LogP contribution in [0.15, 0.2) is 12.3 Å². The maximum absolute atomic E-state index is 5.40. The van der Waals surface area contributed by atoms with E-state index in [0.717, 1.165) is 13.2 Å². The Balaban J connectivity index is 2.01. The Hall–Kier alpha value is -0.500. The van der Waals surface area contributed by atoms with E-state index in [2.05, 4.69) is 5.32 Å². The molecule has 0 aromatic rings. The first-order valence-corrected chi connectivity index (χ1v) is 3.89. The van der Waals surface area contributed by atoms with E-state index in [-0.39, 0.29) is 0 Å². The average molecular weight is 141 g/mol. The van der Waals surface area contributed by atoms with E-state index in [9.17, 15) is 0 Å². The molecule has 0 aromatic carbocycles. The average Bonchev–Trinajstić information content (AvgIpc) is 2.41. The van der Waals surface area contributed by atoms with Crippen molar-refractivity contribution in [2.75, 3.05) is 13.2 Å². The summed E-state index contributed by atoms with van der Waals surface area (Å²) in [4.78, 5) is 0. The van der Waals surface area contributed by atoms with Crippen LogP contribution in [-0.4, -0.2) is 19.3 Å².